The average Bonchev–Trinajstić information content (AvgIpc) is 2.55. The lowest BCUT2D eigenvalue weighted by Gasteiger charge is -2.08. The first-order chi connectivity index (χ1) is 11.2. The highest BCUT2D eigenvalue weighted by molar-refractivity contribution is 5.89. The van der Waals surface area contributed by atoms with Crippen LogP contribution in [0.25, 0.3) is 6.08 Å². The van der Waals surface area contributed by atoms with Crippen molar-refractivity contribution in [2.45, 2.75) is 6.18 Å². The Bertz CT molecular complexity index is 614. The van der Waals surface area contributed by atoms with Crippen LogP contribution in [0.4, 0.5) is 13.2 Å². The molecule has 0 saturated carbocycles. The molecule has 1 aromatic carbocycles. The number of methoxy groups -OCH3 is 2. The molecule has 0 heterocycles. The van der Waals surface area contributed by atoms with Gasteiger partial charge in [0.2, 0.25) is 0 Å². The summed E-state index contributed by atoms with van der Waals surface area (Å²) in [6, 6.07) is 4.91. The van der Waals surface area contributed by atoms with Gasteiger partial charge in [0.1, 0.15) is 18.0 Å². The molecule has 6 nitrogen and oxygen atoms in total. The number of esters is 1. The lowest BCUT2D eigenvalue weighted by Crippen LogP contribution is -2.36. The Hall–Kier alpha value is -2.71. The molecule has 1 aromatic rings. The highest BCUT2D eigenvalue weighted by atomic mass is 19.4. The summed E-state index contributed by atoms with van der Waals surface area (Å²) in [4.78, 5) is 22.6. The van der Waals surface area contributed by atoms with E-state index in [1.54, 1.807) is 23.5 Å². The van der Waals surface area contributed by atoms with E-state index in [1.807, 2.05) is 0 Å². The minimum absolute atomic E-state index is 0.475. The Morgan fingerprint density at radius 1 is 1.21 bits per heavy atom. The number of hydrogen-bond acceptors (Lipinski definition) is 5. The Balaban J connectivity index is 2.56. The van der Waals surface area contributed by atoms with Gasteiger partial charge in [-0.05, 0) is 24.3 Å². The normalized spacial score (nSPS) is 11.2. The van der Waals surface area contributed by atoms with Gasteiger partial charge >= 0.3 is 12.1 Å². The number of halogens is 3. The number of ether oxygens (including phenoxy) is 3. The maximum Gasteiger partial charge on any atom is 0.405 e. The number of amides is 1. The van der Waals surface area contributed by atoms with Gasteiger partial charge in [0.15, 0.2) is 6.61 Å². The molecule has 0 unspecified atom stereocenters. The van der Waals surface area contributed by atoms with Crippen LogP contribution in [0, 0.1) is 0 Å². The zero-order valence-corrected chi connectivity index (χ0v) is 13.0. The standard InChI is InChI=1S/C15H16F3NO5/c1-22-11-4-5-12(23-2)10(7-11)3-6-14(21)24-8-13(20)19-9-15(16,17)18/h3-7H,8-9H2,1-2H3,(H,19,20). The van der Waals surface area contributed by atoms with Gasteiger partial charge < -0.3 is 19.5 Å². The van der Waals surface area contributed by atoms with Crippen molar-refractivity contribution in [3.63, 3.8) is 0 Å². The maximum atomic E-state index is 11.9. The van der Waals surface area contributed by atoms with Gasteiger partial charge in [-0.1, -0.05) is 0 Å². The third-order valence-corrected chi connectivity index (χ3v) is 2.67. The number of rotatable bonds is 7. The predicted molar refractivity (Wildman–Crippen MR) is 78.6 cm³/mol. The largest absolute Gasteiger partial charge is 0.497 e. The molecule has 9 heteroatoms. The molecule has 24 heavy (non-hydrogen) atoms. The van der Waals surface area contributed by atoms with Crippen LogP contribution in [0.3, 0.4) is 0 Å². The third kappa shape index (κ3) is 7.03. The Kier molecular flexibility index (Phi) is 7.09. The van der Waals surface area contributed by atoms with E-state index in [9.17, 15) is 22.8 Å². The fourth-order valence-corrected chi connectivity index (χ4v) is 1.56. The summed E-state index contributed by atoms with van der Waals surface area (Å²) in [6.45, 7) is -2.30. The monoisotopic (exact) mass is 347 g/mol. The van der Waals surface area contributed by atoms with E-state index in [0.717, 1.165) is 6.08 Å². The van der Waals surface area contributed by atoms with Crippen molar-refractivity contribution in [1.29, 1.82) is 0 Å². The van der Waals surface area contributed by atoms with E-state index in [0.29, 0.717) is 17.1 Å². The summed E-state index contributed by atoms with van der Waals surface area (Å²) in [5.41, 5.74) is 0.523. The molecule has 0 aliphatic carbocycles. The summed E-state index contributed by atoms with van der Waals surface area (Å²) in [7, 11) is 2.92. The smallest absolute Gasteiger partial charge is 0.405 e. The molecule has 0 aromatic heterocycles. The zero-order chi connectivity index (χ0) is 18.2. The molecule has 0 bridgehead atoms. The van der Waals surface area contributed by atoms with Crippen LogP contribution in [-0.2, 0) is 14.3 Å². The number of carbonyl (C=O) groups excluding carboxylic acids is 2. The molecule has 0 atom stereocenters. The molecule has 0 radical (unpaired) electrons. The highest BCUT2D eigenvalue weighted by Crippen LogP contribution is 2.25. The second-order valence-corrected chi connectivity index (χ2v) is 4.44. The molecular formula is C15H16F3NO5. The number of benzene rings is 1. The van der Waals surface area contributed by atoms with Crippen molar-refractivity contribution in [1.82, 2.24) is 5.32 Å². The van der Waals surface area contributed by atoms with E-state index in [2.05, 4.69) is 4.74 Å². The highest BCUT2D eigenvalue weighted by Gasteiger charge is 2.27. The molecule has 0 aliphatic rings. The fraction of sp³-hybridized carbons (Fsp3) is 0.333. The number of nitrogens with one attached hydrogen (secondary N) is 1. The van der Waals surface area contributed by atoms with Gasteiger partial charge in [-0.25, -0.2) is 4.79 Å². The van der Waals surface area contributed by atoms with Crippen LogP contribution in [-0.4, -0.2) is 45.4 Å². The van der Waals surface area contributed by atoms with Gasteiger partial charge in [0.05, 0.1) is 14.2 Å². The molecular weight excluding hydrogens is 331 g/mol. The minimum atomic E-state index is -4.53. The van der Waals surface area contributed by atoms with Crippen LogP contribution in [0.15, 0.2) is 24.3 Å². The van der Waals surface area contributed by atoms with Gasteiger partial charge in [-0.2, -0.15) is 13.2 Å². The van der Waals surface area contributed by atoms with Crippen LogP contribution < -0.4 is 14.8 Å². The number of carbonyl (C=O) groups is 2. The summed E-state index contributed by atoms with van der Waals surface area (Å²) in [5.74, 6) is -0.923. The van der Waals surface area contributed by atoms with Crippen molar-refractivity contribution >= 4 is 18.0 Å². The zero-order valence-electron chi connectivity index (χ0n) is 13.0. The van der Waals surface area contributed by atoms with E-state index in [4.69, 9.17) is 9.47 Å². The Morgan fingerprint density at radius 2 is 1.92 bits per heavy atom. The first kappa shape index (κ1) is 19.3. The van der Waals surface area contributed by atoms with Crippen molar-refractivity contribution in [2.24, 2.45) is 0 Å². The van der Waals surface area contributed by atoms with Crippen molar-refractivity contribution in [3.05, 3.63) is 29.8 Å². The first-order valence-corrected chi connectivity index (χ1v) is 6.65. The molecule has 1 rings (SSSR count). The molecule has 1 N–H and O–H groups in total. The predicted octanol–water partition coefficient (Wildman–Crippen LogP) is 1.94. The molecule has 0 spiro atoms. The van der Waals surface area contributed by atoms with Crippen molar-refractivity contribution < 1.29 is 37.0 Å². The number of alkyl halides is 3. The van der Waals surface area contributed by atoms with Crippen LogP contribution in [0.1, 0.15) is 5.56 Å². The lowest BCUT2D eigenvalue weighted by molar-refractivity contribution is -0.148. The quantitative estimate of drug-likeness (QED) is 0.603. The minimum Gasteiger partial charge on any atom is -0.497 e. The fourth-order valence-electron chi connectivity index (χ4n) is 1.56. The average molecular weight is 347 g/mol. The topological polar surface area (TPSA) is 73.9 Å². The molecule has 0 aliphatic heterocycles. The van der Waals surface area contributed by atoms with Crippen LogP contribution >= 0.6 is 0 Å². The van der Waals surface area contributed by atoms with E-state index in [-0.39, 0.29) is 0 Å². The van der Waals surface area contributed by atoms with Gasteiger partial charge in [0, 0.05) is 11.6 Å². The third-order valence-electron chi connectivity index (χ3n) is 2.67. The van der Waals surface area contributed by atoms with E-state index < -0.39 is 31.2 Å². The van der Waals surface area contributed by atoms with Crippen LogP contribution in [0.2, 0.25) is 0 Å². The van der Waals surface area contributed by atoms with Crippen molar-refractivity contribution in [2.75, 3.05) is 27.4 Å². The first-order valence-electron chi connectivity index (χ1n) is 6.65. The molecule has 1 amide bonds. The van der Waals surface area contributed by atoms with Gasteiger partial charge in [-0.3, -0.25) is 4.79 Å². The summed E-state index contributed by atoms with van der Waals surface area (Å²) < 4.78 is 50.4. The SMILES string of the molecule is COc1ccc(OC)c(C=CC(=O)OCC(=O)NCC(F)(F)F)c1. The second kappa shape index (κ2) is 8.80. The maximum absolute atomic E-state index is 11.9. The lowest BCUT2D eigenvalue weighted by atomic mass is 10.1. The van der Waals surface area contributed by atoms with E-state index >= 15 is 0 Å². The van der Waals surface area contributed by atoms with Gasteiger partial charge in [-0.15, -0.1) is 0 Å². The summed E-state index contributed by atoms with van der Waals surface area (Å²) in [5, 5.41) is 1.58. The second-order valence-electron chi connectivity index (χ2n) is 4.44. The van der Waals surface area contributed by atoms with E-state index in [1.165, 1.54) is 20.3 Å². The molecule has 0 saturated heterocycles. The van der Waals surface area contributed by atoms with Crippen molar-refractivity contribution in [3.8, 4) is 11.5 Å². The Labute approximate surface area is 136 Å². The Morgan fingerprint density at radius 3 is 2.50 bits per heavy atom. The van der Waals surface area contributed by atoms with Gasteiger partial charge in [0.25, 0.3) is 5.91 Å². The number of hydrogen-bond donors (Lipinski definition) is 1. The summed E-state index contributed by atoms with van der Waals surface area (Å²) >= 11 is 0. The summed E-state index contributed by atoms with van der Waals surface area (Å²) in [6.07, 6.45) is -2.13. The van der Waals surface area contributed by atoms with Crippen LogP contribution in [0.5, 0.6) is 11.5 Å². The molecule has 132 valence electrons. The molecule has 0 fully saturated rings.